The van der Waals surface area contributed by atoms with Crippen LogP contribution in [0, 0.1) is 5.41 Å². The van der Waals surface area contributed by atoms with E-state index in [4.69, 9.17) is 4.98 Å². The Bertz CT molecular complexity index is 989. The van der Waals surface area contributed by atoms with Crippen LogP contribution in [0.4, 0.5) is 17.2 Å². The molecular weight excluding hydrogens is 462 g/mol. The Morgan fingerprint density at radius 2 is 1.61 bits per heavy atom. The van der Waals surface area contributed by atoms with Gasteiger partial charge in [-0.15, -0.1) is 0 Å². The van der Waals surface area contributed by atoms with Gasteiger partial charge in [0.15, 0.2) is 0 Å². The molecule has 196 valence electrons. The molecule has 0 saturated carbocycles. The zero-order valence-electron chi connectivity index (χ0n) is 22.7. The lowest BCUT2D eigenvalue weighted by Gasteiger charge is -2.46. The molecule has 2 fully saturated rings. The van der Waals surface area contributed by atoms with Crippen molar-refractivity contribution in [1.29, 1.82) is 0 Å². The smallest absolute Gasteiger partial charge is 0.147 e. The second-order valence-corrected chi connectivity index (χ2v) is 12.2. The maximum Gasteiger partial charge on any atom is 0.147 e. The van der Waals surface area contributed by atoms with E-state index in [0.29, 0.717) is 5.41 Å². The van der Waals surface area contributed by atoms with Crippen molar-refractivity contribution in [3.05, 3.63) is 36.5 Å². The van der Waals surface area contributed by atoms with E-state index in [9.17, 15) is 0 Å². The van der Waals surface area contributed by atoms with Gasteiger partial charge in [0.2, 0.25) is 0 Å². The number of piperidine rings is 2. The van der Waals surface area contributed by atoms with E-state index in [-0.39, 0.29) is 0 Å². The number of aromatic nitrogens is 1. The molecule has 0 unspecified atom stereocenters. The number of rotatable bonds is 9. The van der Waals surface area contributed by atoms with Crippen molar-refractivity contribution in [3.8, 4) is 0 Å². The van der Waals surface area contributed by atoms with Gasteiger partial charge in [-0.2, -0.15) is 0 Å². The van der Waals surface area contributed by atoms with Crippen molar-refractivity contribution in [2.24, 2.45) is 5.41 Å². The van der Waals surface area contributed by atoms with E-state index in [2.05, 4.69) is 70.8 Å². The number of hydrogen-bond acceptors (Lipinski definition) is 6. The van der Waals surface area contributed by atoms with E-state index in [1.165, 1.54) is 98.8 Å². The molecule has 0 amide bonds. The molecule has 1 aromatic heterocycles. The molecule has 2 saturated heterocycles. The molecule has 3 aliphatic rings. The van der Waals surface area contributed by atoms with Gasteiger partial charge in [0.05, 0.1) is 10.6 Å². The van der Waals surface area contributed by atoms with E-state index in [1.54, 1.807) is 0 Å². The number of likely N-dealkylation sites (tertiary alicyclic amines) is 2. The summed E-state index contributed by atoms with van der Waals surface area (Å²) in [5.41, 5.74) is 3.30. The van der Waals surface area contributed by atoms with Gasteiger partial charge in [-0.1, -0.05) is 18.2 Å². The van der Waals surface area contributed by atoms with Crippen molar-refractivity contribution in [3.63, 3.8) is 0 Å². The van der Waals surface area contributed by atoms with Crippen LogP contribution < -0.4 is 9.80 Å². The molecule has 6 heteroatoms. The fourth-order valence-corrected chi connectivity index (χ4v) is 7.39. The lowest BCUT2D eigenvalue weighted by molar-refractivity contribution is 0.0423. The maximum atomic E-state index is 4.81. The minimum atomic E-state index is 0.660. The second kappa shape index (κ2) is 11.7. The van der Waals surface area contributed by atoms with Gasteiger partial charge in [-0.3, -0.25) is 0 Å². The first kappa shape index (κ1) is 25.9. The molecule has 4 heterocycles. The van der Waals surface area contributed by atoms with Crippen LogP contribution >= 0.6 is 11.8 Å². The Morgan fingerprint density at radius 3 is 2.36 bits per heavy atom. The molecular formula is C30H45N5S. The van der Waals surface area contributed by atoms with E-state index >= 15 is 0 Å². The largest absolute Gasteiger partial charge is 0.372 e. The van der Waals surface area contributed by atoms with E-state index in [1.807, 2.05) is 18.0 Å². The minimum Gasteiger partial charge on any atom is -0.372 e. The van der Waals surface area contributed by atoms with Gasteiger partial charge in [0, 0.05) is 36.4 Å². The zero-order chi connectivity index (χ0) is 25.0. The van der Waals surface area contributed by atoms with Crippen LogP contribution in [0.5, 0.6) is 0 Å². The Balaban J connectivity index is 1.15. The standard InChI is InChI=1S/C30H45N5S/c1-4-34(5-2)25-11-12-27-26(24-25)35(29-28(36-27)10-9-17-31-29)19-8-6-7-18-33-22-15-30(16-23-33)13-20-32(3)21-14-30/h9-12,17,24H,4-8,13-16,18-23H2,1-3H3. The Kier molecular flexibility index (Phi) is 8.44. The highest BCUT2D eigenvalue weighted by Gasteiger charge is 2.36. The van der Waals surface area contributed by atoms with E-state index in [0.717, 1.165) is 25.5 Å². The fraction of sp³-hybridized carbons (Fsp3) is 0.633. The summed E-state index contributed by atoms with van der Waals surface area (Å²) in [6.07, 6.45) is 11.4. The topological polar surface area (TPSA) is 25.9 Å². The highest BCUT2D eigenvalue weighted by atomic mass is 32.2. The molecule has 3 aliphatic heterocycles. The number of pyridine rings is 1. The SMILES string of the molecule is CCN(CC)c1ccc2c(c1)N(CCCCCN1CCC3(CCN(C)CC3)CC1)c1ncccc1S2. The van der Waals surface area contributed by atoms with Crippen molar-refractivity contribution >= 4 is 29.0 Å². The summed E-state index contributed by atoms with van der Waals surface area (Å²) in [5, 5.41) is 0. The van der Waals surface area contributed by atoms with Crippen LogP contribution in [-0.4, -0.2) is 74.2 Å². The van der Waals surface area contributed by atoms with Gasteiger partial charge in [-0.05, 0) is 128 Å². The second-order valence-electron chi connectivity index (χ2n) is 11.1. The first-order valence-electron chi connectivity index (χ1n) is 14.3. The third-order valence-corrected chi connectivity index (χ3v) is 10.0. The molecule has 0 N–H and O–H groups in total. The predicted molar refractivity (Wildman–Crippen MR) is 154 cm³/mol. The van der Waals surface area contributed by atoms with Gasteiger partial charge < -0.3 is 19.6 Å². The molecule has 2 aromatic rings. The summed E-state index contributed by atoms with van der Waals surface area (Å²) >= 11 is 1.86. The maximum absolute atomic E-state index is 4.81. The number of anilines is 3. The van der Waals surface area contributed by atoms with E-state index < -0.39 is 0 Å². The van der Waals surface area contributed by atoms with Crippen LogP contribution in [0.25, 0.3) is 0 Å². The Morgan fingerprint density at radius 1 is 0.889 bits per heavy atom. The zero-order valence-corrected chi connectivity index (χ0v) is 23.5. The first-order chi connectivity index (χ1) is 17.6. The van der Waals surface area contributed by atoms with Crippen LogP contribution in [0.1, 0.15) is 58.8 Å². The van der Waals surface area contributed by atoms with Crippen LogP contribution in [0.15, 0.2) is 46.3 Å². The fourth-order valence-electron chi connectivity index (χ4n) is 6.34. The van der Waals surface area contributed by atoms with Crippen LogP contribution in [-0.2, 0) is 0 Å². The van der Waals surface area contributed by atoms with Crippen molar-refractivity contribution < 1.29 is 0 Å². The normalized spacial score (nSPS) is 19.8. The molecule has 5 rings (SSSR count). The average Bonchev–Trinajstić information content (AvgIpc) is 2.91. The number of fused-ring (bicyclic) bond motifs is 2. The lowest BCUT2D eigenvalue weighted by Crippen LogP contribution is -2.46. The summed E-state index contributed by atoms with van der Waals surface area (Å²) in [4.78, 5) is 17.6. The summed E-state index contributed by atoms with van der Waals surface area (Å²) in [6.45, 7) is 14.1. The molecule has 0 atom stereocenters. The number of nitrogens with zero attached hydrogens (tertiary/aromatic N) is 5. The molecule has 36 heavy (non-hydrogen) atoms. The number of unbranched alkanes of at least 4 members (excludes halogenated alkanes) is 2. The first-order valence-corrected chi connectivity index (χ1v) is 15.1. The number of benzene rings is 1. The predicted octanol–water partition coefficient (Wildman–Crippen LogP) is 6.51. The van der Waals surface area contributed by atoms with Gasteiger partial charge in [0.1, 0.15) is 5.82 Å². The van der Waals surface area contributed by atoms with Gasteiger partial charge >= 0.3 is 0 Å². The molecule has 5 nitrogen and oxygen atoms in total. The highest BCUT2D eigenvalue weighted by molar-refractivity contribution is 7.99. The monoisotopic (exact) mass is 507 g/mol. The molecule has 0 aliphatic carbocycles. The molecule has 1 aromatic carbocycles. The summed E-state index contributed by atoms with van der Waals surface area (Å²) in [7, 11) is 2.28. The quantitative estimate of drug-likeness (QED) is 0.359. The molecule has 0 radical (unpaired) electrons. The molecule has 0 bridgehead atoms. The number of hydrogen-bond donors (Lipinski definition) is 0. The third kappa shape index (κ3) is 5.71. The minimum absolute atomic E-state index is 0.660. The third-order valence-electron chi connectivity index (χ3n) is 8.91. The van der Waals surface area contributed by atoms with Crippen molar-refractivity contribution in [1.82, 2.24) is 14.8 Å². The van der Waals surface area contributed by atoms with Crippen molar-refractivity contribution in [2.45, 2.75) is 68.6 Å². The molecule has 1 spiro atoms. The summed E-state index contributed by atoms with van der Waals surface area (Å²) < 4.78 is 0. The summed E-state index contributed by atoms with van der Waals surface area (Å²) in [6, 6.07) is 11.3. The van der Waals surface area contributed by atoms with Crippen LogP contribution in [0.3, 0.4) is 0 Å². The van der Waals surface area contributed by atoms with Gasteiger partial charge in [0.25, 0.3) is 0 Å². The summed E-state index contributed by atoms with van der Waals surface area (Å²) in [5.74, 6) is 1.13. The highest BCUT2D eigenvalue weighted by Crippen LogP contribution is 2.48. The van der Waals surface area contributed by atoms with Crippen molar-refractivity contribution in [2.75, 3.05) is 69.2 Å². The lowest BCUT2D eigenvalue weighted by atomic mass is 9.71. The van der Waals surface area contributed by atoms with Crippen LogP contribution in [0.2, 0.25) is 0 Å². The Hall–Kier alpha value is -1.76. The average molecular weight is 508 g/mol. The Labute approximate surface area is 223 Å². The van der Waals surface area contributed by atoms with Gasteiger partial charge in [-0.25, -0.2) is 4.98 Å².